The SMILES string of the molecule is O=C(O)C1CCCC(C(=O)Nc2ccc3c4c(cccc24)CC3)C1. The number of hydrogen-bond donors (Lipinski definition) is 2. The quantitative estimate of drug-likeness (QED) is 0.903. The van der Waals surface area contributed by atoms with Crippen molar-refractivity contribution in [1.29, 1.82) is 0 Å². The summed E-state index contributed by atoms with van der Waals surface area (Å²) in [6, 6.07) is 10.4. The van der Waals surface area contributed by atoms with Crippen molar-refractivity contribution in [2.45, 2.75) is 38.5 Å². The van der Waals surface area contributed by atoms with E-state index in [1.165, 1.54) is 16.5 Å². The third kappa shape index (κ3) is 2.56. The van der Waals surface area contributed by atoms with Crippen LogP contribution < -0.4 is 5.32 Å². The molecule has 4 heteroatoms. The van der Waals surface area contributed by atoms with Gasteiger partial charge in [0.2, 0.25) is 5.91 Å². The molecule has 2 unspecified atom stereocenters. The number of carboxylic acid groups (broad SMARTS) is 1. The molecule has 24 heavy (non-hydrogen) atoms. The Kier molecular flexibility index (Phi) is 3.75. The van der Waals surface area contributed by atoms with E-state index in [1.807, 2.05) is 12.1 Å². The minimum absolute atomic E-state index is 0.0420. The van der Waals surface area contributed by atoms with E-state index < -0.39 is 5.97 Å². The van der Waals surface area contributed by atoms with Crippen molar-refractivity contribution >= 4 is 28.3 Å². The molecule has 0 heterocycles. The van der Waals surface area contributed by atoms with Crippen molar-refractivity contribution in [2.24, 2.45) is 11.8 Å². The normalized spacial score (nSPS) is 22.5. The molecule has 1 amide bonds. The molecule has 2 aliphatic carbocycles. The van der Waals surface area contributed by atoms with E-state index in [0.717, 1.165) is 36.8 Å². The van der Waals surface area contributed by atoms with Gasteiger partial charge in [0.05, 0.1) is 5.92 Å². The average molecular weight is 323 g/mol. The Labute approximate surface area is 140 Å². The van der Waals surface area contributed by atoms with E-state index in [0.29, 0.717) is 12.8 Å². The number of nitrogens with one attached hydrogen (secondary N) is 1. The fourth-order valence-corrected chi connectivity index (χ4v) is 4.24. The van der Waals surface area contributed by atoms with Crippen LogP contribution in [0.4, 0.5) is 5.69 Å². The van der Waals surface area contributed by atoms with Crippen LogP contribution in [0.25, 0.3) is 10.8 Å². The molecule has 4 nitrogen and oxygen atoms in total. The minimum Gasteiger partial charge on any atom is -0.481 e. The fourth-order valence-electron chi connectivity index (χ4n) is 4.24. The summed E-state index contributed by atoms with van der Waals surface area (Å²) in [4.78, 5) is 23.9. The number of aliphatic carboxylic acids is 1. The Morgan fingerprint density at radius 2 is 1.75 bits per heavy atom. The lowest BCUT2D eigenvalue weighted by Gasteiger charge is -2.26. The van der Waals surface area contributed by atoms with Crippen LogP contribution in [-0.2, 0) is 22.4 Å². The number of benzene rings is 2. The van der Waals surface area contributed by atoms with Crippen LogP contribution in [0.1, 0.15) is 36.8 Å². The van der Waals surface area contributed by atoms with Gasteiger partial charge in [0.25, 0.3) is 0 Å². The Bertz CT molecular complexity index is 817. The van der Waals surface area contributed by atoms with Crippen LogP contribution in [0, 0.1) is 11.8 Å². The second-order valence-electron chi connectivity index (χ2n) is 7.00. The van der Waals surface area contributed by atoms with Crippen molar-refractivity contribution in [2.75, 3.05) is 5.32 Å². The lowest BCUT2D eigenvalue weighted by atomic mass is 9.81. The van der Waals surface area contributed by atoms with Crippen LogP contribution in [0.5, 0.6) is 0 Å². The third-order valence-electron chi connectivity index (χ3n) is 5.53. The van der Waals surface area contributed by atoms with E-state index in [9.17, 15) is 14.7 Å². The first-order valence-corrected chi connectivity index (χ1v) is 8.70. The summed E-state index contributed by atoms with van der Waals surface area (Å²) in [6.45, 7) is 0. The number of aryl methyl sites for hydroxylation is 2. The molecule has 0 aromatic heterocycles. The predicted octanol–water partition coefficient (Wildman–Crippen LogP) is 3.77. The zero-order chi connectivity index (χ0) is 16.7. The molecule has 0 radical (unpaired) electrons. The van der Waals surface area contributed by atoms with Gasteiger partial charge in [-0.25, -0.2) is 0 Å². The molecule has 2 atom stereocenters. The molecule has 1 saturated carbocycles. The molecule has 0 saturated heterocycles. The third-order valence-corrected chi connectivity index (χ3v) is 5.53. The maximum Gasteiger partial charge on any atom is 0.306 e. The zero-order valence-corrected chi connectivity index (χ0v) is 13.5. The van der Waals surface area contributed by atoms with Crippen LogP contribution in [0.2, 0.25) is 0 Å². The molecule has 2 aliphatic rings. The van der Waals surface area contributed by atoms with Crippen molar-refractivity contribution in [3.63, 3.8) is 0 Å². The molecule has 4 rings (SSSR count). The van der Waals surface area contributed by atoms with Gasteiger partial charge in [0, 0.05) is 17.0 Å². The van der Waals surface area contributed by atoms with Crippen LogP contribution in [0.3, 0.4) is 0 Å². The molecule has 0 spiro atoms. The van der Waals surface area contributed by atoms with Crippen LogP contribution in [0.15, 0.2) is 30.3 Å². The van der Waals surface area contributed by atoms with Gasteiger partial charge < -0.3 is 10.4 Å². The summed E-state index contributed by atoms with van der Waals surface area (Å²) >= 11 is 0. The molecule has 2 aromatic carbocycles. The zero-order valence-electron chi connectivity index (χ0n) is 13.5. The summed E-state index contributed by atoms with van der Waals surface area (Å²) in [5, 5.41) is 14.6. The predicted molar refractivity (Wildman–Crippen MR) is 93.1 cm³/mol. The highest BCUT2D eigenvalue weighted by atomic mass is 16.4. The van der Waals surface area contributed by atoms with E-state index >= 15 is 0 Å². The van der Waals surface area contributed by atoms with Gasteiger partial charge in [0.1, 0.15) is 0 Å². The number of hydrogen-bond acceptors (Lipinski definition) is 2. The highest BCUT2D eigenvalue weighted by Gasteiger charge is 2.31. The van der Waals surface area contributed by atoms with E-state index in [4.69, 9.17) is 0 Å². The Morgan fingerprint density at radius 1 is 1.00 bits per heavy atom. The number of carbonyl (C=O) groups is 2. The maximum absolute atomic E-state index is 12.7. The van der Waals surface area contributed by atoms with Crippen LogP contribution in [-0.4, -0.2) is 17.0 Å². The smallest absolute Gasteiger partial charge is 0.306 e. The topological polar surface area (TPSA) is 66.4 Å². The van der Waals surface area contributed by atoms with Crippen molar-refractivity contribution in [1.82, 2.24) is 0 Å². The first-order chi connectivity index (χ1) is 11.6. The Balaban J connectivity index is 1.59. The van der Waals surface area contributed by atoms with E-state index in [-0.39, 0.29) is 17.7 Å². The molecular weight excluding hydrogens is 302 g/mol. The molecule has 2 aromatic rings. The van der Waals surface area contributed by atoms with E-state index in [1.54, 1.807) is 0 Å². The molecule has 0 bridgehead atoms. The Hall–Kier alpha value is -2.36. The van der Waals surface area contributed by atoms with Gasteiger partial charge in [-0.3, -0.25) is 9.59 Å². The minimum atomic E-state index is -0.780. The Morgan fingerprint density at radius 3 is 2.54 bits per heavy atom. The van der Waals surface area contributed by atoms with Gasteiger partial charge >= 0.3 is 5.97 Å². The fraction of sp³-hybridized carbons (Fsp3) is 0.400. The molecular formula is C20H21NO3. The summed E-state index contributed by atoms with van der Waals surface area (Å²) in [6.07, 6.45) is 4.83. The maximum atomic E-state index is 12.7. The standard InChI is InChI=1S/C20H21NO3/c22-19(14-4-1-5-15(11-14)20(23)24)21-17-10-9-13-8-7-12-3-2-6-16(17)18(12)13/h2-3,6,9-10,14-15H,1,4-5,7-8,11H2,(H,21,22)(H,23,24). The van der Waals surface area contributed by atoms with Gasteiger partial charge in [-0.2, -0.15) is 0 Å². The second kappa shape index (κ2) is 5.93. The highest BCUT2D eigenvalue weighted by molar-refractivity contribution is 6.05. The highest BCUT2D eigenvalue weighted by Crippen LogP contribution is 2.36. The van der Waals surface area contributed by atoms with E-state index in [2.05, 4.69) is 23.5 Å². The number of anilines is 1. The number of amides is 1. The number of carbonyl (C=O) groups excluding carboxylic acids is 1. The summed E-state index contributed by atoms with van der Waals surface area (Å²) in [5.74, 6) is -1.41. The van der Waals surface area contributed by atoms with Gasteiger partial charge in [-0.1, -0.05) is 30.7 Å². The second-order valence-corrected chi connectivity index (χ2v) is 7.00. The van der Waals surface area contributed by atoms with Crippen molar-refractivity contribution in [3.05, 3.63) is 41.5 Å². The largest absolute Gasteiger partial charge is 0.481 e. The summed E-state index contributed by atoms with van der Waals surface area (Å²) < 4.78 is 0. The number of rotatable bonds is 3. The number of carboxylic acids is 1. The van der Waals surface area contributed by atoms with Crippen LogP contribution >= 0.6 is 0 Å². The lowest BCUT2D eigenvalue weighted by molar-refractivity contribution is -0.143. The monoisotopic (exact) mass is 323 g/mol. The van der Waals surface area contributed by atoms with Gasteiger partial charge in [0.15, 0.2) is 0 Å². The first-order valence-electron chi connectivity index (χ1n) is 8.70. The van der Waals surface area contributed by atoms with Crippen molar-refractivity contribution in [3.8, 4) is 0 Å². The summed E-state index contributed by atoms with van der Waals surface area (Å²) in [7, 11) is 0. The van der Waals surface area contributed by atoms with Gasteiger partial charge in [-0.05, 0) is 54.7 Å². The molecule has 124 valence electrons. The summed E-state index contributed by atoms with van der Waals surface area (Å²) in [5.41, 5.74) is 3.55. The average Bonchev–Trinajstić information content (AvgIpc) is 3.02. The molecule has 1 fully saturated rings. The lowest BCUT2D eigenvalue weighted by Crippen LogP contribution is -2.31. The van der Waals surface area contributed by atoms with Gasteiger partial charge in [-0.15, -0.1) is 0 Å². The molecule has 2 N–H and O–H groups in total. The molecule has 0 aliphatic heterocycles. The van der Waals surface area contributed by atoms with Crippen molar-refractivity contribution < 1.29 is 14.7 Å². The first kappa shape index (κ1) is 15.2.